The van der Waals surface area contributed by atoms with Crippen LogP contribution in [0.2, 0.25) is 0 Å². The first-order valence-electron chi connectivity index (χ1n) is 6.29. The number of hydrogen-bond acceptors (Lipinski definition) is 8. The first-order chi connectivity index (χ1) is 9.30. The molecule has 1 aromatic heterocycles. The molecule has 0 aliphatic heterocycles. The zero-order valence-corrected chi connectivity index (χ0v) is 11.3. The van der Waals surface area contributed by atoms with Crippen LogP contribution in [0.3, 0.4) is 0 Å². The SMILES string of the molecule is CCOc1nc(NC)nc(NCCCOCCO)n1. The fourth-order valence-electron chi connectivity index (χ4n) is 1.28. The summed E-state index contributed by atoms with van der Waals surface area (Å²) in [6.07, 6.45) is 0.796. The number of rotatable bonds is 10. The van der Waals surface area contributed by atoms with Gasteiger partial charge in [0.15, 0.2) is 0 Å². The predicted molar refractivity (Wildman–Crippen MR) is 71.6 cm³/mol. The fraction of sp³-hybridized carbons (Fsp3) is 0.727. The van der Waals surface area contributed by atoms with Crippen molar-refractivity contribution in [3.8, 4) is 6.01 Å². The average Bonchev–Trinajstić information content (AvgIpc) is 2.43. The summed E-state index contributed by atoms with van der Waals surface area (Å²) in [5, 5.41) is 14.5. The summed E-state index contributed by atoms with van der Waals surface area (Å²) < 4.78 is 10.4. The highest BCUT2D eigenvalue weighted by molar-refractivity contribution is 5.35. The van der Waals surface area contributed by atoms with E-state index in [1.165, 1.54) is 0 Å². The maximum absolute atomic E-state index is 8.55. The Kier molecular flexibility index (Phi) is 7.52. The molecule has 0 saturated carbocycles. The van der Waals surface area contributed by atoms with E-state index in [9.17, 15) is 0 Å². The lowest BCUT2D eigenvalue weighted by Gasteiger charge is -2.08. The third-order valence-electron chi connectivity index (χ3n) is 2.10. The molecule has 0 spiro atoms. The van der Waals surface area contributed by atoms with Crippen molar-refractivity contribution in [2.45, 2.75) is 13.3 Å². The Morgan fingerprint density at radius 1 is 1.16 bits per heavy atom. The number of hydrogen-bond donors (Lipinski definition) is 3. The molecule has 108 valence electrons. The lowest BCUT2D eigenvalue weighted by Crippen LogP contribution is -2.12. The number of aliphatic hydroxyl groups excluding tert-OH is 1. The molecule has 0 saturated heterocycles. The number of nitrogens with zero attached hydrogens (tertiary/aromatic N) is 3. The van der Waals surface area contributed by atoms with Gasteiger partial charge in [0, 0.05) is 20.2 Å². The molecule has 0 unspecified atom stereocenters. The van der Waals surface area contributed by atoms with E-state index in [2.05, 4.69) is 25.6 Å². The molecular weight excluding hydrogens is 250 g/mol. The zero-order valence-electron chi connectivity index (χ0n) is 11.3. The van der Waals surface area contributed by atoms with E-state index in [1.54, 1.807) is 7.05 Å². The van der Waals surface area contributed by atoms with Crippen molar-refractivity contribution in [3.05, 3.63) is 0 Å². The van der Waals surface area contributed by atoms with Crippen LogP contribution in [0, 0.1) is 0 Å². The van der Waals surface area contributed by atoms with Gasteiger partial charge in [-0.1, -0.05) is 0 Å². The molecule has 0 radical (unpaired) electrons. The number of nitrogens with one attached hydrogen (secondary N) is 2. The molecule has 0 atom stereocenters. The molecule has 0 aliphatic rings. The van der Waals surface area contributed by atoms with Crippen LogP contribution >= 0.6 is 0 Å². The lowest BCUT2D eigenvalue weighted by molar-refractivity contribution is 0.0921. The van der Waals surface area contributed by atoms with Gasteiger partial charge in [-0.3, -0.25) is 0 Å². The van der Waals surface area contributed by atoms with Crippen molar-refractivity contribution in [2.75, 3.05) is 50.7 Å². The molecule has 0 bridgehead atoms. The molecule has 1 rings (SSSR count). The molecule has 19 heavy (non-hydrogen) atoms. The highest BCUT2D eigenvalue weighted by Crippen LogP contribution is 2.10. The van der Waals surface area contributed by atoms with Crippen LogP contribution in [0.1, 0.15) is 13.3 Å². The zero-order chi connectivity index (χ0) is 13.9. The lowest BCUT2D eigenvalue weighted by atomic mass is 10.4. The Labute approximate surface area is 112 Å². The number of aliphatic hydroxyl groups is 1. The summed E-state index contributed by atoms with van der Waals surface area (Å²) in [4.78, 5) is 12.4. The molecule has 1 heterocycles. The molecule has 0 fully saturated rings. The van der Waals surface area contributed by atoms with Crippen LogP contribution in [-0.2, 0) is 4.74 Å². The monoisotopic (exact) mass is 271 g/mol. The first-order valence-corrected chi connectivity index (χ1v) is 6.29. The maximum Gasteiger partial charge on any atom is 0.323 e. The second kappa shape index (κ2) is 9.29. The van der Waals surface area contributed by atoms with Gasteiger partial charge >= 0.3 is 6.01 Å². The maximum atomic E-state index is 8.55. The second-order valence-electron chi connectivity index (χ2n) is 3.56. The normalized spacial score (nSPS) is 10.3. The molecule has 0 aromatic carbocycles. The van der Waals surface area contributed by atoms with Gasteiger partial charge in [0.1, 0.15) is 0 Å². The van der Waals surface area contributed by atoms with Crippen molar-refractivity contribution in [1.82, 2.24) is 15.0 Å². The van der Waals surface area contributed by atoms with Gasteiger partial charge in [-0.05, 0) is 13.3 Å². The summed E-state index contributed by atoms with van der Waals surface area (Å²) in [6, 6.07) is 0.292. The molecule has 8 nitrogen and oxygen atoms in total. The van der Waals surface area contributed by atoms with Crippen molar-refractivity contribution in [1.29, 1.82) is 0 Å². The van der Waals surface area contributed by atoms with E-state index < -0.39 is 0 Å². The third-order valence-corrected chi connectivity index (χ3v) is 2.10. The summed E-state index contributed by atoms with van der Waals surface area (Å²) in [6.45, 7) is 4.03. The van der Waals surface area contributed by atoms with Crippen molar-refractivity contribution in [2.24, 2.45) is 0 Å². The van der Waals surface area contributed by atoms with Crippen LogP contribution in [0.25, 0.3) is 0 Å². The van der Waals surface area contributed by atoms with E-state index in [-0.39, 0.29) is 6.61 Å². The van der Waals surface area contributed by atoms with E-state index >= 15 is 0 Å². The summed E-state index contributed by atoms with van der Waals surface area (Å²) in [5.41, 5.74) is 0. The minimum absolute atomic E-state index is 0.0458. The van der Waals surface area contributed by atoms with Gasteiger partial charge in [0.25, 0.3) is 0 Å². The topological polar surface area (TPSA) is 101 Å². The first kappa shape index (κ1) is 15.4. The standard InChI is InChI=1S/C11H21N5O3/c1-3-19-11-15-9(12-2)14-10(16-11)13-5-4-7-18-8-6-17/h17H,3-8H2,1-2H3,(H2,12,13,14,15,16). The van der Waals surface area contributed by atoms with Gasteiger partial charge < -0.3 is 25.2 Å². The van der Waals surface area contributed by atoms with Gasteiger partial charge in [0.2, 0.25) is 11.9 Å². The van der Waals surface area contributed by atoms with Crippen LogP contribution in [0.15, 0.2) is 0 Å². The van der Waals surface area contributed by atoms with Crippen LogP contribution < -0.4 is 15.4 Å². The molecular formula is C11H21N5O3. The summed E-state index contributed by atoms with van der Waals surface area (Å²) >= 11 is 0. The van der Waals surface area contributed by atoms with Crippen LogP contribution in [0.4, 0.5) is 11.9 Å². The average molecular weight is 271 g/mol. The Morgan fingerprint density at radius 2 is 1.95 bits per heavy atom. The van der Waals surface area contributed by atoms with Crippen molar-refractivity contribution in [3.63, 3.8) is 0 Å². The molecule has 0 aliphatic carbocycles. The van der Waals surface area contributed by atoms with Gasteiger partial charge in [0.05, 0.1) is 19.8 Å². The summed E-state index contributed by atoms with van der Waals surface area (Å²) in [5.74, 6) is 0.919. The highest BCUT2D eigenvalue weighted by Gasteiger charge is 2.05. The van der Waals surface area contributed by atoms with Crippen LogP contribution in [-0.4, -0.2) is 60.1 Å². The van der Waals surface area contributed by atoms with Gasteiger partial charge in [-0.2, -0.15) is 15.0 Å². The minimum atomic E-state index is 0.0458. The highest BCUT2D eigenvalue weighted by atomic mass is 16.5. The van der Waals surface area contributed by atoms with E-state index in [0.717, 1.165) is 6.42 Å². The van der Waals surface area contributed by atoms with E-state index in [1.807, 2.05) is 6.92 Å². The van der Waals surface area contributed by atoms with E-state index in [4.69, 9.17) is 14.6 Å². The van der Waals surface area contributed by atoms with Crippen LogP contribution in [0.5, 0.6) is 6.01 Å². The molecule has 3 N–H and O–H groups in total. The fourth-order valence-corrected chi connectivity index (χ4v) is 1.28. The second-order valence-corrected chi connectivity index (χ2v) is 3.56. The number of ether oxygens (including phenoxy) is 2. The molecule has 0 amide bonds. The van der Waals surface area contributed by atoms with Crippen molar-refractivity contribution >= 4 is 11.9 Å². The molecule has 1 aromatic rings. The number of aromatic nitrogens is 3. The number of anilines is 2. The van der Waals surface area contributed by atoms with Crippen molar-refractivity contribution < 1.29 is 14.6 Å². The largest absolute Gasteiger partial charge is 0.464 e. The quantitative estimate of drug-likeness (QED) is 0.516. The Morgan fingerprint density at radius 3 is 2.63 bits per heavy atom. The van der Waals surface area contributed by atoms with E-state index in [0.29, 0.717) is 44.3 Å². The Hall–Kier alpha value is -1.67. The summed E-state index contributed by atoms with van der Waals surface area (Å²) in [7, 11) is 1.73. The Balaban J connectivity index is 2.41. The Bertz CT molecular complexity index is 364. The minimum Gasteiger partial charge on any atom is -0.464 e. The third kappa shape index (κ3) is 6.16. The smallest absolute Gasteiger partial charge is 0.323 e. The van der Waals surface area contributed by atoms with Gasteiger partial charge in [-0.25, -0.2) is 0 Å². The van der Waals surface area contributed by atoms with Gasteiger partial charge in [-0.15, -0.1) is 0 Å². The predicted octanol–water partition coefficient (Wildman–Crippen LogP) is 0.123. The molecule has 8 heteroatoms.